The number of fused-ring (bicyclic) bond motifs is 1. The van der Waals surface area contributed by atoms with Crippen LogP contribution in [0.2, 0.25) is 0 Å². The molecule has 1 aromatic carbocycles. The molecule has 3 heteroatoms. The summed E-state index contributed by atoms with van der Waals surface area (Å²) in [6, 6.07) is 8.88. The van der Waals surface area contributed by atoms with E-state index in [2.05, 4.69) is 46.5 Å². The molecule has 0 amide bonds. The summed E-state index contributed by atoms with van der Waals surface area (Å²) in [6.45, 7) is 4.62. The molecule has 3 rings (SSSR count). The zero-order chi connectivity index (χ0) is 11.0. The van der Waals surface area contributed by atoms with Crippen molar-refractivity contribution in [3.8, 4) is 0 Å². The second-order valence-electron chi connectivity index (χ2n) is 4.40. The number of rotatable bonds is 1. The molecule has 0 aliphatic carbocycles. The first-order valence-corrected chi connectivity index (χ1v) is 6.62. The fourth-order valence-corrected chi connectivity index (χ4v) is 3.11. The smallest absolute Gasteiger partial charge is 0.0455 e. The van der Waals surface area contributed by atoms with E-state index in [1.807, 2.05) is 11.3 Å². The Kier molecular flexibility index (Phi) is 2.58. The van der Waals surface area contributed by atoms with Crippen LogP contribution in [0.25, 0.3) is 10.1 Å². The van der Waals surface area contributed by atoms with Crippen molar-refractivity contribution in [2.75, 3.05) is 38.1 Å². The molecule has 84 valence electrons. The summed E-state index contributed by atoms with van der Waals surface area (Å²) in [4.78, 5) is 4.90. The van der Waals surface area contributed by atoms with Crippen LogP contribution < -0.4 is 4.90 Å². The lowest BCUT2D eigenvalue weighted by molar-refractivity contribution is 0.313. The van der Waals surface area contributed by atoms with Gasteiger partial charge in [0.2, 0.25) is 0 Å². The second kappa shape index (κ2) is 4.07. The maximum Gasteiger partial charge on any atom is 0.0455 e. The van der Waals surface area contributed by atoms with E-state index >= 15 is 0 Å². The predicted octanol–water partition coefficient (Wildman–Crippen LogP) is 2.65. The van der Waals surface area contributed by atoms with Gasteiger partial charge in [0, 0.05) is 42.0 Å². The number of likely N-dealkylation sites (N-methyl/N-ethyl adjacent to an activating group) is 1. The third-order valence-electron chi connectivity index (χ3n) is 3.32. The van der Waals surface area contributed by atoms with Gasteiger partial charge in [0.1, 0.15) is 0 Å². The first-order valence-electron chi connectivity index (χ1n) is 5.74. The maximum atomic E-state index is 2.51. The van der Waals surface area contributed by atoms with Gasteiger partial charge < -0.3 is 9.80 Å². The maximum absolute atomic E-state index is 2.51. The van der Waals surface area contributed by atoms with Gasteiger partial charge in [-0.3, -0.25) is 0 Å². The van der Waals surface area contributed by atoms with Crippen molar-refractivity contribution in [1.82, 2.24) is 4.90 Å². The summed E-state index contributed by atoms with van der Waals surface area (Å²) in [7, 11) is 2.20. The third-order valence-corrected chi connectivity index (χ3v) is 4.20. The van der Waals surface area contributed by atoms with Gasteiger partial charge in [-0.05, 0) is 30.6 Å². The second-order valence-corrected chi connectivity index (χ2v) is 5.35. The summed E-state index contributed by atoms with van der Waals surface area (Å²) < 4.78 is 1.40. The van der Waals surface area contributed by atoms with Gasteiger partial charge in [-0.1, -0.05) is 6.07 Å². The number of benzene rings is 1. The summed E-state index contributed by atoms with van der Waals surface area (Å²) >= 11 is 1.83. The number of nitrogens with zero attached hydrogens (tertiary/aromatic N) is 2. The molecular formula is C13H16N2S. The molecule has 0 spiro atoms. The van der Waals surface area contributed by atoms with Gasteiger partial charge in [0.15, 0.2) is 0 Å². The quantitative estimate of drug-likeness (QED) is 0.746. The molecule has 0 N–H and O–H groups in total. The summed E-state index contributed by atoms with van der Waals surface area (Å²) in [5.74, 6) is 0. The minimum Gasteiger partial charge on any atom is -0.368 e. The van der Waals surface area contributed by atoms with E-state index in [1.54, 1.807) is 0 Å². The number of thiophene rings is 1. The number of hydrogen-bond donors (Lipinski definition) is 0. The molecule has 1 aromatic heterocycles. The van der Waals surface area contributed by atoms with Crippen LogP contribution in [0.4, 0.5) is 5.69 Å². The third kappa shape index (κ3) is 1.70. The van der Waals surface area contributed by atoms with E-state index in [4.69, 9.17) is 0 Å². The van der Waals surface area contributed by atoms with Crippen LogP contribution in [0.3, 0.4) is 0 Å². The Balaban J connectivity index is 1.96. The summed E-state index contributed by atoms with van der Waals surface area (Å²) in [6.07, 6.45) is 0. The Morgan fingerprint density at radius 1 is 1.06 bits per heavy atom. The molecule has 0 radical (unpaired) electrons. The van der Waals surface area contributed by atoms with Crippen LogP contribution in [0.5, 0.6) is 0 Å². The molecule has 0 saturated carbocycles. The van der Waals surface area contributed by atoms with Gasteiger partial charge >= 0.3 is 0 Å². The highest BCUT2D eigenvalue weighted by Gasteiger charge is 2.16. The minimum atomic E-state index is 1.14. The zero-order valence-corrected chi connectivity index (χ0v) is 10.3. The Labute approximate surface area is 100 Å². The van der Waals surface area contributed by atoms with Crippen LogP contribution in [-0.2, 0) is 0 Å². The van der Waals surface area contributed by atoms with Crippen molar-refractivity contribution in [2.24, 2.45) is 0 Å². The molecule has 1 fully saturated rings. The van der Waals surface area contributed by atoms with Gasteiger partial charge in [0.25, 0.3) is 0 Å². The number of anilines is 1. The Hall–Kier alpha value is -1.06. The zero-order valence-electron chi connectivity index (χ0n) is 9.52. The van der Waals surface area contributed by atoms with Crippen LogP contribution in [0.15, 0.2) is 29.6 Å². The van der Waals surface area contributed by atoms with Crippen molar-refractivity contribution in [3.05, 3.63) is 29.6 Å². The Morgan fingerprint density at radius 3 is 2.69 bits per heavy atom. The first-order chi connectivity index (χ1) is 7.84. The molecular weight excluding hydrogens is 216 g/mol. The summed E-state index contributed by atoms with van der Waals surface area (Å²) in [5.41, 5.74) is 1.41. The first kappa shape index (κ1) is 10.1. The monoisotopic (exact) mass is 232 g/mol. The predicted molar refractivity (Wildman–Crippen MR) is 71.5 cm³/mol. The van der Waals surface area contributed by atoms with Crippen LogP contribution in [-0.4, -0.2) is 38.1 Å². The normalized spacial score (nSPS) is 18.2. The standard InChI is InChI=1S/C13H16N2S/c1-14-6-8-15(9-7-14)12-3-2-4-13-11(12)5-10-16-13/h2-5,10H,6-9H2,1H3. The number of piperazine rings is 1. The SMILES string of the molecule is CN1CCN(c2cccc3sccc23)CC1. The molecule has 2 heterocycles. The topological polar surface area (TPSA) is 6.48 Å². The van der Waals surface area contributed by atoms with Crippen molar-refractivity contribution in [2.45, 2.75) is 0 Å². The molecule has 1 saturated heterocycles. The molecule has 2 aromatic rings. The van der Waals surface area contributed by atoms with Crippen molar-refractivity contribution in [1.29, 1.82) is 0 Å². The molecule has 0 bridgehead atoms. The van der Waals surface area contributed by atoms with E-state index in [9.17, 15) is 0 Å². The van der Waals surface area contributed by atoms with Crippen molar-refractivity contribution in [3.63, 3.8) is 0 Å². The lowest BCUT2D eigenvalue weighted by Gasteiger charge is -2.34. The largest absolute Gasteiger partial charge is 0.368 e. The lowest BCUT2D eigenvalue weighted by atomic mass is 10.2. The molecule has 0 unspecified atom stereocenters. The van der Waals surface area contributed by atoms with Crippen molar-refractivity contribution >= 4 is 27.1 Å². The average Bonchev–Trinajstić information content (AvgIpc) is 2.78. The van der Waals surface area contributed by atoms with Crippen LogP contribution in [0, 0.1) is 0 Å². The van der Waals surface area contributed by atoms with Gasteiger partial charge in [-0.15, -0.1) is 11.3 Å². The van der Waals surface area contributed by atoms with Crippen LogP contribution >= 0.6 is 11.3 Å². The Morgan fingerprint density at radius 2 is 1.88 bits per heavy atom. The van der Waals surface area contributed by atoms with E-state index in [-0.39, 0.29) is 0 Å². The Bertz CT molecular complexity index is 483. The van der Waals surface area contributed by atoms with Crippen LogP contribution in [0.1, 0.15) is 0 Å². The summed E-state index contributed by atoms with van der Waals surface area (Å²) in [5, 5.41) is 3.60. The average molecular weight is 232 g/mol. The molecule has 1 aliphatic heterocycles. The molecule has 1 aliphatic rings. The lowest BCUT2D eigenvalue weighted by Crippen LogP contribution is -2.44. The number of hydrogen-bond acceptors (Lipinski definition) is 3. The fraction of sp³-hybridized carbons (Fsp3) is 0.385. The highest BCUT2D eigenvalue weighted by molar-refractivity contribution is 7.17. The van der Waals surface area contributed by atoms with Gasteiger partial charge in [-0.2, -0.15) is 0 Å². The highest BCUT2D eigenvalue weighted by atomic mass is 32.1. The molecule has 16 heavy (non-hydrogen) atoms. The van der Waals surface area contributed by atoms with E-state index in [0.717, 1.165) is 13.1 Å². The molecule has 2 nitrogen and oxygen atoms in total. The van der Waals surface area contributed by atoms with Gasteiger partial charge in [0.05, 0.1) is 0 Å². The van der Waals surface area contributed by atoms with Crippen molar-refractivity contribution < 1.29 is 0 Å². The van der Waals surface area contributed by atoms with E-state index in [1.165, 1.54) is 28.9 Å². The fourth-order valence-electron chi connectivity index (χ4n) is 2.30. The minimum absolute atomic E-state index is 1.14. The molecule has 0 atom stereocenters. The van der Waals surface area contributed by atoms with Gasteiger partial charge in [-0.25, -0.2) is 0 Å². The van der Waals surface area contributed by atoms with E-state index in [0.29, 0.717) is 0 Å². The highest BCUT2D eigenvalue weighted by Crippen LogP contribution is 2.30. The van der Waals surface area contributed by atoms with E-state index < -0.39 is 0 Å².